The number of rotatable bonds is 14. The highest BCUT2D eigenvalue weighted by atomic mass is 31.2. The second-order valence-corrected chi connectivity index (χ2v) is 15.1. The Morgan fingerprint density at radius 2 is 1.83 bits per heavy atom. The number of nitrogens with one attached hydrogen (secondary N) is 1. The molecule has 3 aliphatic rings. The summed E-state index contributed by atoms with van der Waals surface area (Å²) in [5.74, 6) is -2.03. The molecule has 4 heterocycles. The Hall–Kier alpha value is -4.29. The molecule has 0 spiro atoms. The first-order valence-corrected chi connectivity index (χ1v) is 18.4. The molecule has 0 bridgehead atoms. The lowest BCUT2D eigenvalue weighted by molar-refractivity contribution is -0.170. The highest BCUT2D eigenvalue weighted by molar-refractivity contribution is 7.52. The van der Waals surface area contributed by atoms with E-state index in [4.69, 9.17) is 33.7 Å². The quantitative estimate of drug-likeness (QED) is 0.137. The van der Waals surface area contributed by atoms with Gasteiger partial charge in [-0.05, 0) is 63.0 Å². The number of alkyl halides is 3. The fourth-order valence-corrected chi connectivity index (χ4v) is 8.44. The summed E-state index contributed by atoms with van der Waals surface area (Å²) in [6.45, 7) is 2.63. The Kier molecular flexibility index (Phi) is 10.8. The van der Waals surface area contributed by atoms with Crippen LogP contribution in [0.15, 0.2) is 48.8 Å². The van der Waals surface area contributed by atoms with Crippen molar-refractivity contribution < 1.29 is 60.1 Å². The van der Waals surface area contributed by atoms with Gasteiger partial charge in [0.25, 0.3) is 0 Å². The molecule has 2 saturated heterocycles. The summed E-state index contributed by atoms with van der Waals surface area (Å²) in [4.78, 5) is 43.3. The van der Waals surface area contributed by atoms with E-state index in [0.717, 1.165) is 0 Å². The molecule has 6 atom stereocenters. The van der Waals surface area contributed by atoms with E-state index in [1.165, 1.54) is 48.6 Å². The molecule has 288 valence electrons. The van der Waals surface area contributed by atoms with Gasteiger partial charge in [0.2, 0.25) is 0 Å². The Balaban J connectivity index is 1.19. The number of benzene rings is 1. The number of hydrogen-bond acceptors (Lipinski definition) is 14. The van der Waals surface area contributed by atoms with E-state index in [9.17, 15) is 32.1 Å². The summed E-state index contributed by atoms with van der Waals surface area (Å²) in [6, 6.07) is 10.1. The summed E-state index contributed by atoms with van der Waals surface area (Å²) in [7, 11) is -4.48. The molecule has 0 amide bonds. The molecule has 1 aliphatic carbocycles. The molecule has 1 unspecified atom stereocenters. The van der Waals surface area contributed by atoms with Crippen LogP contribution in [0, 0.1) is 5.92 Å². The minimum Gasteiger partial charge on any atom is -0.464 e. The zero-order valence-corrected chi connectivity index (χ0v) is 30.0. The highest BCUT2D eigenvalue weighted by Gasteiger charge is 2.84. The van der Waals surface area contributed by atoms with Crippen LogP contribution in [0.3, 0.4) is 0 Å². The molecule has 1 aromatic carbocycles. The van der Waals surface area contributed by atoms with Gasteiger partial charge in [0.05, 0.1) is 25.5 Å². The number of anilines is 1. The number of carbonyl (C=O) groups excluding carboxylic acids is 3. The van der Waals surface area contributed by atoms with Gasteiger partial charge in [-0.2, -0.15) is 23.4 Å². The molecule has 2 aromatic heterocycles. The molecular formula is C33H40F3N6O10P. The largest absolute Gasteiger partial charge is 0.464 e. The van der Waals surface area contributed by atoms with Gasteiger partial charge in [0.15, 0.2) is 17.5 Å². The van der Waals surface area contributed by atoms with Gasteiger partial charge < -0.3 is 29.2 Å². The fourth-order valence-electron chi connectivity index (χ4n) is 6.90. The van der Waals surface area contributed by atoms with Crippen LogP contribution in [0.25, 0.3) is 5.52 Å². The number of aromatic nitrogens is 3. The third-order valence-electron chi connectivity index (χ3n) is 9.42. The Morgan fingerprint density at radius 3 is 2.49 bits per heavy atom. The van der Waals surface area contributed by atoms with Crippen LogP contribution in [0.5, 0.6) is 5.75 Å². The Morgan fingerprint density at radius 1 is 1.11 bits per heavy atom. The molecule has 1 saturated carbocycles. The van der Waals surface area contributed by atoms with Crippen molar-refractivity contribution in [2.75, 3.05) is 38.6 Å². The topological polar surface area (TPSA) is 195 Å². The minimum atomic E-state index is -4.48. The molecule has 16 nitrogen and oxygen atoms in total. The highest BCUT2D eigenvalue weighted by Crippen LogP contribution is 2.67. The van der Waals surface area contributed by atoms with E-state index >= 15 is 0 Å². The molecule has 53 heavy (non-hydrogen) atoms. The van der Waals surface area contributed by atoms with Crippen molar-refractivity contribution in [3.05, 3.63) is 54.5 Å². The maximum absolute atomic E-state index is 14.4. The zero-order chi connectivity index (χ0) is 38.2. The van der Waals surface area contributed by atoms with Crippen LogP contribution in [0.1, 0.15) is 51.8 Å². The predicted molar refractivity (Wildman–Crippen MR) is 178 cm³/mol. The molecule has 3 fully saturated rings. The van der Waals surface area contributed by atoms with Crippen molar-refractivity contribution in [2.45, 2.75) is 75.7 Å². The minimum absolute atomic E-state index is 0.0147. The third kappa shape index (κ3) is 8.44. The van der Waals surface area contributed by atoms with Crippen molar-refractivity contribution >= 4 is 37.0 Å². The smallest absolute Gasteiger partial charge is 0.459 e. The van der Waals surface area contributed by atoms with Gasteiger partial charge in [-0.3, -0.25) is 23.8 Å². The second-order valence-electron chi connectivity index (χ2n) is 13.4. The van der Waals surface area contributed by atoms with E-state index in [2.05, 4.69) is 15.2 Å². The fraction of sp³-hybridized carbons (Fsp3) is 0.545. The maximum Gasteiger partial charge on any atom is 0.459 e. The van der Waals surface area contributed by atoms with E-state index in [-0.39, 0.29) is 43.6 Å². The molecule has 3 N–H and O–H groups in total. The monoisotopic (exact) mass is 768 g/mol. The van der Waals surface area contributed by atoms with E-state index in [1.54, 1.807) is 30.3 Å². The third-order valence-corrected chi connectivity index (χ3v) is 11.0. The summed E-state index contributed by atoms with van der Waals surface area (Å²) in [6.07, 6.45) is -4.52. The molecule has 2 aliphatic heterocycles. The van der Waals surface area contributed by atoms with E-state index in [1.807, 2.05) is 0 Å². The van der Waals surface area contributed by atoms with Crippen LogP contribution in [-0.4, -0.2) is 99.8 Å². The molecule has 3 aromatic rings. The molecule has 0 radical (unpaired) electrons. The number of para-hydroxylation sites is 1. The number of piperidine rings is 1. The average molecular weight is 769 g/mol. The van der Waals surface area contributed by atoms with Gasteiger partial charge in [0, 0.05) is 20.3 Å². The number of ether oxygens (including phenoxy) is 4. The summed E-state index contributed by atoms with van der Waals surface area (Å²) in [5, 5.41) is 6.86. The number of esters is 3. The van der Waals surface area contributed by atoms with Crippen LogP contribution in [-0.2, 0) is 42.4 Å². The van der Waals surface area contributed by atoms with Gasteiger partial charge in [-0.1, -0.05) is 18.2 Å². The van der Waals surface area contributed by atoms with Gasteiger partial charge in [0.1, 0.15) is 35.3 Å². The van der Waals surface area contributed by atoms with Crippen molar-refractivity contribution in [3.8, 4) is 5.75 Å². The van der Waals surface area contributed by atoms with Crippen molar-refractivity contribution in [1.29, 1.82) is 0 Å². The number of fused-ring (bicyclic) bond motifs is 2. The van der Waals surface area contributed by atoms with Crippen molar-refractivity contribution in [2.24, 2.45) is 5.92 Å². The Labute approximate surface area is 301 Å². The van der Waals surface area contributed by atoms with Gasteiger partial charge in [-0.25, -0.2) is 14.1 Å². The average Bonchev–Trinajstić information content (AvgIpc) is 3.34. The van der Waals surface area contributed by atoms with Crippen molar-refractivity contribution in [1.82, 2.24) is 24.6 Å². The summed E-state index contributed by atoms with van der Waals surface area (Å²) >= 11 is 0. The van der Waals surface area contributed by atoms with Crippen LogP contribution >= 0.6 is 7.75 Å². The van der Waals surface area contributed by atoms with Crippen LogP contribution in [0.2, 0.25) is 0 Å². The van der Waals surface area contributed by atoms with Crippen molar-refractivity contribution in [3.63, 3.8) is 0 Å². The number of carbonyl (C=O) groups is 3. The van der Waals surface area contributed by atoms with Crippen LogP contribution in [0.4, 0.5) is 19.0 Å². The zero-order valence-electron chi connectivity index (χ0n) is 29.1. The number of halogens is 3. The van der Waals surface area contributed by atoms with E-state index < -0.39 is 74.4 Å². The van der Waals surface area contributed by atoms with Gasteiger partial charge >= 0.3 is 31.8 Å². The predicted octanol–water partition coefficient (Wildman–Crippen LogP) is 3.76. The summed E-state index contributed by atoms with van der Waals surface area (Å²) < 4.78 is 89.5. The SMILES string of the molecule is CC(=O)O[C@H]1[C@H](c2ccc3c(N)ncnn23)O[C@@]2(COP(=O)(N[C@@H](C)C(=O)OCC3CCN(CC(F)(F)F)CC3)Oc3ccccc3)C[C@]12OC(C)=O. The number of nitrogens with zero attached hydrogens (tertiary/aromatic N) is 4. The number of likely N-dealkylation sites (tertiary alicyclic amines) is 1. The first-order chi connectivity index (χ1) is 25.0. The molecular weight excluding hydrogens is 728 g/mol. The number of nitrogens with two attached hydrogens (primary N) is 1. The normalized spacial score (nSPS) is 26.3. The Bertz CT molecular complexity index is 1880. The number of hydrogen-bond donors (Lipinski definition) is 2. The maximum atomic E-state index is 14.4. The molecule has 20 heteroatoms. The summed E-state index contributed by atoms with van der Waals surface area (Å²) in [5.41, 5.74) is 3.78. The standard InChI is InChI=1S/C33H40F3N6O10P/c1-20(30(45)47-15-23-11-13-41(14-12-23)17-33(34,35)36)40-53(46,52-24-7-5-4-6-8-24)48-18-31-16-32(31,50-22(3)44)28(49-21(2)43)27(51-31)25-9-10-26-29(37)38-19-39-42(25)26/h4-10,19-20,23,27-28H,11-18H2,1-3H3,(H,40,46)(H2,37,38,39)/t20-,27-,28-,31+,32-,53?/m0/s1. The second kappa shape index (κ2) is 14.9. The van der Waals surface area contributed by atoms with E-state index in [0.29, 0.717) is 24.1 Å². The van der Waals surface area contributed by atoms with Crippen LogP contribution < -0.4 is 15.3 Å². The molecule has 6 rings (SSSR count). The van der Waals surface area contributed by atoms with Gasteiger partial charge in [-0.15, -0.1) is 0 Å². The first kappa shape index (κ1) is 38.4. The lowest BCUT2D eigenvalue weighted by atomic mass is 9.98. The first-order valence-electron chi connectivity index (χ1n) is 16.9. The lowest BCUT2D eigenvalue weighted by Gasteiger charge is -2.32. The lowest BCUT2D eigenvalue weighted by Crippen LogP contribution is -2.42. The number of nitrogen functional groups attached to an aromatic ring is 1.